The number of carbonyl (C=O) groups excluding carboxylic acids is 1. The van der Waals surface area contributed by atoms with Crippen LogP contribution in [0.15, 0.2) is 54.9 Å². The van der Waals surface area contributed by atoms with Gasteiger partial charge in [-0.15, -0.1) is 0 Å². The molecule has 8 heteroatoms. The zero-order valence-corrected chi connectivity index (χ0v) is 15.9. The van der Waals surface area contributed by atoms with Gasteiger partial charge in [-0.2, -0.15) is 15.0 Å². The second kappa shape index (κ2) is 7.05. The van der Waals surface area contributed by atoms with E-state index in [1.165, 1.54) is 4.80 Å². The first-order chi connectivity index (χ1) is 14.2. The number of fused-ring (bicyclic) bond motifs is 1. The van der Waals surface area contributed by atoms with Gasteiger partial charge in [0.15, 0.2) is 0 Å². The Morgan fingerprint density at radius 2 is 2.00 bits per heavy atom. The Morgan fingerprint density at radius 3 is 2.83 bits per heavy atom. The minimum atomic E-state index is -0.0977. The Hall–Kier alpha value is -3.68. The number of para-hydroxylation sites is 1. The minimum absolute atomic E-state index is 0.0431. The predicted molar refractivity (Wildman–Crippen MR) is 107 cm³/mol. The third-order valence-corrected chi connectivity index (χ3v) is 5.31. The molecule has 1 amide bonds. The summed E-state index contributed by atoms with van der Waals surface area (Å²) in [4.78, 5) is 24.9. The summed E-state index contributed by atoms with van der Waals surface area (Å²) in [5.41, 5.74) is 3.01. The summed E-state index contributed by atoms with van der Waals surface area (Å²) in [6.07, 6.45) is 5.00. The number of aromatic nitrogens is 5. The van der Waals surface area contributed by atoms with Crippen LogP contribution >= 0.6 is 0 Å². The fourth-order valence-electron chi connectivity index (χ4n) is 3.91. The number of nitrogens with one attached hydrogen (secondary N) is 1. The lowest BCUT2D eigenvalue weighted by atomic mass is 10.1. The van der Waals surface area contributed by atoms with E-state index in [1.54, 1.807) is 19.5 Å². The molecule has 0 radical (unpaired) electrons. The summed E-state index contributed by atoms with van der Waals surface area (Å²) in [5.74, 6) is 1.53. The summed E-state index contributed by atoms with van der Waals surface area (Å²) in [5, 5.41) is 8.37. The molecule has 1 aliphatic rings. The molecule has 29 heavy (non-hydrogen) atoms. The lowest BCUT2D eigenvalue weighted by Gasteiger charge is -2.24. The number of benzene rings is 2. The molecule has 1 saturated heterocycles. The Kier molecular flexibility index (Phi) is 4.23. The van der Waals surface area contributed by atoms with Crippen molar-refractivity contribution in [2.75, 3.05) is 13.7 Å². The number of carbonyl (C=O) groups is 1. The van der Waals surface area contributed by atoms with Crippen molar-refractivity contribution in [1.82, 2.24) is 29.9 Å². The van der Waals surface area contributed by atoms with Gasteiger partial charge in [0.05, 0.1) is 47.8 Å². The van der Waals surface area contributed by atoms with Gasteiger partial charge < -0.3 is 14.6 Å². The second-order valence-electron chi connectivity index (χ2n) is 7.00. The molecule has 3 heterocycles. The number of H-pyrrole nitrogens is 1. The molecule has 4 aromatic rings. The maximum atomic E-state index is 13.5. The molecule has 1 atom stereocenters. The lowest BCUT2D eigenvalue weighted by Crippen LogP contribution is -2.32. The number of aromatic amines is 1. The second-order valence-corrected chi connectivity index (χ2v) is 7.00. The first-order valence-electron chi connectivity index (χ1n) is 9.55. The molecule has 5 rings (SSSR count). The van der Waals surface area contributed by atoms with Crippen LogP contribution in [0.2, 0.25) is 0 Å². The molecule has 1 unspecified atom stereocenters. The number of methoxy groups -OCH3 is 1. The number of rotatable bonds is 4. The van der Waals surface area contributed by atoms with E-state index in [-0.39, 0.29) is 11.9 Å². The van der Waals surface area contributed by atoms with Crippen LogP contribution in [0.5, 0.6) is 5.75 Å². The molecule has 1 aliphatic heterocycles. The van der Waals surface area contributed by atoms with Crippen LogP contribution < -0.4 is 4.74 Å². The number of imidazole rings is 1. The van der Waals surface area contributed by atoms with E-state index in [1.807, 2.05) is 47.4 Å². The molecule has 8 nitrogen and oxygen atoms in total. The van der Waals surface area contributed by atoms with Gasteiger partial charge in [0.1, 0.15) is 11.6 Å². The van der Waals surface area contributed by atoms with Gasteiger partial charge in [0.25, 0.3) is 5.91 Å². The molecule has 0 bridgehead atoms. The molecule has 2 aromatic carbocycles. The SMILES string of the molecule is COc1ccc2nc(C3CCCN3C(=O)c3ccccc3-n3nccn3)[nH]c2c1. The number of nitrogens with zero attached hydrogens (tertiary/aromatic N) is 5. The highest BCUT2D eigenvalue weighted by atomic mass is 16.5. The molecular formula is C21H20N6O2. The van der Waals surface area contributed by atoms with Crippen LogP contribution in [-0.2, 0) is 0 Å². The normalized spacial score (nSPS) is 16.4. The van der Waals surface area contributed by atoms with E-state index in [0.29, 0.717) is 17.8 Å². The van der Waals surface area contributed by atoms with Gasteiger partial charge >= 0.3 is 0 Å². The minimum Gasteiger partial charge on any atom is -0.497 e. The third kappa shape index (κ3) is 3.02. The average molecular weight is 388 g/mol. The first-order valence-corrected chi connectivity index (χ1v) is 9.55. The zero-order valence-electron chi connectivity index (χ0n) is 15.9. The van der Waals surface area contributed by atoms with Crippen LogP contribution in [0.3, 0.4) is 0 Å². The van der Waals surface area contributed by atoms with Gasteiger partial charge in [-0.1, -0.05) is 12.1 Å². The van der Waals surface area contributed by atoms with Gasteiger partial charge in [0, 0.05) is 12.6 Å². The smallest absolute Gasteiger partial charge is 0.256 e. The highest BCUT2D eigenvalue weighted by Crippen LogP contribution is 2.34. The predicted octanol–water partition coefficient (Wildman–Crippen LogP) is 3.13. The van der Waals surface area contributed by atoms with Gasteiger partial charge in [-0.3, -0.25) is 4.79 Å². The molecule has 146 valence electrons. The Morgan fingerprint density at radius 1 is 1.17 bits per heavy atom. The number of hydrogen-bond donors (Lipinski definition) is 1. The molecular weight excluding hydrogens is 368 g/mol. The molecule has 0 saturated carbocycles. The van der Waals surface area contributed by atoms with Crippen LogP contribution in [0.1, 0.15) is 35.1 Å². The van der Waals surface area contributed by atoms with Gasteiger partial charge in [-0.25, -0.2) is 4.98 Å². The Bertz CT molecular complexity index is 1170. The van der Waals surface area contributed by atoms with Crippen molar-refractivity contribution in [3.8, 4) is 11.4 Å². The maximum absolute atomic E-state index is 13.5. The fraction of sp³-hybridized carbons (Fsp3) is 0.238. The van der Waals surface area contributed by atoms with Crippen LogP contribution in [0.4, 0.5) is 0 Å². The van der Waals surface area contributed by atoms with Crippen molar-refractivity contribution < 1.29 is 9.53 Å². The number of hydrogen-bond acceptors (Lipinski definition) is 5. The van der Waals surface area contributed by atoms with Crippen LogP contribution in [-0.4, -0.2) is 49.4 Å². The van der Waals surface area contributed by atoms with E-state index >= 15 is 0 Å². The largest absolute Gasteiger partial charge is 0.497 e. The lowest BCUT2D eigenvalue weighted by molar-refractivity contribution is 0.0730. The van der Waals surface area contributed by atoms with E-state index in [2.05, 4.69) is 15.2 Å². The van der Waals surface area contributed by atoms with E-state index in [0.717, 1.165) is 35.4 Å². The summed E-state index contributed by atoms with van der Waals surface area (Å²) in [6.45, 7) is 0.685. The van der Waals surface area contributed by atoms with Crippen molar-refractivity contribution in [3.63, 3.8) is 0 Å². The van der Waals surface area contributed by atoms with E-state index < -0.39 is 0 Å². The van der Waals surface area contributed by atoms with Crippen molar-refractivity contribution in [1.29, 1.82) is 0 Å². The van der Waals surface area contributed by atoms with Crippen molar-refractivity contribution in [3.05, 3.63) is 66.2 Å². The molecule has 0 aliphatic carbocycles. The summed E-state index contributed by atoms with van der Waals surface area (Å²) in [7, 11) is 1.64. The Labute approximate surface area is 167 Å². The highest BCUT2D eigenvalue weighted by molar-refractivity contribution is 5.98. The van der Waals surface area contributed by atoms with Crippen molar-refractivity contribution in [2.45, 2.75) is 18.9 Å². The maximum Gasteiger partial charge on any atom is 0.256 e. The summed E-state index contributed by atoms with van der Waals surface area (Å²) in [6, 6.07) is 13.0. The quantitative estimate of drug-likeness (QED) is 0.580. The molecule has 0 spiro atoms. The summed E-state index contributed by atoms with van der Waals surface area (Å²) >= 11 is 0. The first kappa shape index (κ1) is 17.4. The third-order valence-electron chi connectivity index (χ3n) is 5.31. The molecule has 2 aromatic heterocycles. The van der Waals surface area contributed by atoms with Crippen LogP contribution in [0, 0.1) is 0 Å². The highest BCUT2D eigenvalue weighted by Gasteiger charge is 2.33. The monoisotopic (exact) mass is 388 g/mol. The van der Waals surface area contributed by atoms with Crippen molar-refractivity contribution >= 4 is 16.9 Å². The van der Waals surface area contributed by atoms with Gasteiger partial charge in [-0.05, 0) is 37.1 Å². The standard InChI is InChI=1S/C21H20N6O2/c1-29-14-8-9-16-17(13-14)25-20(24-16)19-7-4-12-26(19)21(28)15-5-2-3-6-18(15)27-22-10-11-23-27/h2-3,5-6,8-11,13,19H,4,7,12H2,1H3,(H,24,25). The molecule has 1 fully saturated rings. The topological polar surface area (TPSA) is 88.9 Å². The Balaban J connectivity index is 1.50. The number of likely N-dealkylation sites (tertiary alicyclic amines) is 1. The van der Waals surface area contributed by atoms with Gasteiger partial charge in [0.2, 0.25) is 0 Å². The summed E-state index contributed by atoms with van der Waals surface area (Å²) < 4.78 is 5.30. The number of ether oxygens (including phenoxy) is 1. The molecule has 1 N–H and O–H groups in total. The van der Waals surface area contributed by atoms with E-state index in [9.17, 15) is 4.79 Å². The van der Waals surface area contributed by atoms with Crippen molar-refractivity contribution in [2.24, 2.45) is 0 Å². The fourth-order valence-corrected chi connectivity index (χ4v) is 3.91. The van der Waals surface area contributed by atoms with E-state index in [4.69, 9.17) is 9.72 Å². The average Bonchev–Trinajstić information content (AvgIpc) is 3.52. The zero-order chi connectivity index (χ0) is 19.8. The number of amides is 1. The van der Waals surface area contributed by atoms with Crippen LogP contribution in [0.25, 0.3) is 16.7 Å².